The minimum atomic E-state index is -0.206. The summed E-state index contributed by atoms with van der Waals surface area (Å²) in [7, 11) is 0. The van der Waals surface area contributed by atoms with Crippen LogP contribution >= 0.6 is 0 Å². The molecule has 21 heavy (non-hydrogen) atoms. The van der Waals surface area contributed by atoms with Crippen LogP contribution in [0.4, 0.5) is 10.2 Å². The molecule has 1 aromatic carbocycles. The third-order valence-corrected chi connectivity index (χ3v) is 4.47. The van der Waals surface area contributed by atoms with Gasteiger partial charge in [-0.3, -0.25) is 0 Å². The van der Waals surface area contributed by atoms with Gasteiger partial charge in [0.2, 0.25) is 0 Å². The van der Waals surface area contributed by atoms with Crippen molar-refractivity contribution in [2.24, 2.45) is 0 Å². The third-order valence-electron chi connectivity index (χ3n) is 4.47. The SMILES string of the molecule is Fc1c(C2CC2)ncnc1N1CCCC1c1ccccc1. The van der Waals surface area contributed by atoms with Gasteiger partial charge in [0.15, 0.2) is 11.6 Å². The van der Waals surface area contributed by atoms with Gasteiger partial charge in [-0.1, -0.05) is 30.3 Å². The molecule has 0 amide bonds. The van der Waals surface area contributed by atoms with Gasteiger partial charge in [0.1, 0.15) is 6.33 Å². The van der Waals surface area contributed by atoms with Gasteiger partial charge in [0.25, 0.3) is 0 Å². The van der Waals surface area contributed by atoms with Crippen molar-refractivity contribution in [3.8, 4) is 0 Å². The van der Waals surface area contributed by atoms with E-state index in [1.807, 2.05) is 18.2 Å². The summed E-state index contributed by atoms with van der Waals surface area (Å²) in [6.45, 7) is 0.859. The number of hydrogen-bond donors (Lipinski definition) is 0. The second kappa shape index (κ2) is 5.10. The molecule has 2 fully saturated rings. The fraction of sp³-hybridized carbons (Fsp3) is 0.412. The molecule has 1 aliphatic carbocycles. The van der Waals surface area contributed by atoms with Crippen LogP contribution in [-0.4, -0.2) is 16.5 Å². The highest BCUT2D eigenvalue weighted by molar-refractivity contribution is 5.47. The summed E-state index contributed by atoms with van der Waals surface area (Å²) in [5, 5.41) is 0. The first-order valence-corrected chi connectivity index (χ1v) is 7.66. The Morgan fingerprint density at radius 1 is 1.05 bits per heavy atom. The van der Waals surface area contributed by atoms with Crippen LogP contribution in [0.3, 0.4) is 0 Å². The van der Waals surface area contributed by atoms with Gasteiger partial charge in [-0.15, -0.1) is 0 Å². The van der Waals surface area contributed by atoms with Gasteiger partial charge >= 0.3 is 0 Å². The molecule has 1 aromatic heterocycles. The van der Waals surface area contributed by atoms with Crippen LogP contribution in [0.5, 0.6) is 0 Å². The molecule has 2 aliphatic rings. The number of rotatable bonds is 3. The standard InChI is InChI=1S/C17H18FN3/c18-15-16(13-8-9-13)19-11-20-17(15)21-10-4-7-14(21)12-5-2-1-3-6-12/h1-3,5-6,11,13-14H,4,7-10H2. The molecule has 0 N–H and O–H groups in total. The van der Waals surface area contributed by atoms with E-state index in [0.717, 1.165) is 32.2 Å². The molecule has 2 heterocycles. The summed E-state index contributed by atoms with van der Waals surface area (Å²) in [5.74, 6) is 0.589. The van der Waals surface area contributed by atoms with E-state index in [1.165, 1.54) is 11.9 Å². The first kappa shape index (κ1) is 12.7. The van der Waals surface area contributed by atoms with E-state index in [2.05, 4.69) is 27.0 Å². The van der Waals surface area contributed by atoms with Gasteiger partial charge in [-0.25, -0.2) is 14.4 Å². The molecule has 108 valence electrons. The second-order valence-electron chi connectivity index (χ2n) is 5.93. The first-order valence-electron chi connectivity index (χ1n) is 7.66. The molecule has 4 rings (SSSR count). The lowest BCUT2D eigenvalue weighted by atomic mass is 10.0. The third kappa shape index (κ3) is 2.28. The van der Waals surface area contributed by atoms with Crippen LogP contribution in [0.1, 0.15) is 48.9 Å². The van der Waals surface area contributed by atoms with Crippen molar-refractivity contribution in [1.82, 2.24) is 9.97 Å². The van der Waals surface area contributed by atoms with Crippen molar-refractivity contribution < 1.29 is 4.39 Å². The molecular weight excluding hydrogens is 265 g/mol. The Hall–Kier alpha value is -1.97. The number of benzene rings is 1. The Bertz CT molecular complexity index is 640. The summed E-state index contributed by atoms with van der Waals surface area (Å²) in [6, 6.07) is 10.5. The zero-order chi connectivity index (χ0) is 14.2. The average molecular weight is 283 g/mol. The molecule has 1 saturated heterocycles. The largest absolute Gasteiger partial charge is 0.347 e. The molecule has 1 unspecified atom stereocenters. The minimum Gasteiger partial charge on any atom is -0.347 e. The lowest BCUT2D eigenvalue weighted by molar-refractivity contribution is 0.576. The Labute approximate surface area is 123 Å². The zero-order valence-electron chi connectivity index (χ0n) is 11.9. The summed E-state index contributed by atoms with van der Waals surface area (Å²) < 4.78 is 14.7. The van der Waals surface area contributed by atoms with Gasteiger partial charge in [-0.05, 0) is 31.2 Å². The molecule has 0 bridgehead atoms. The number of anilines is 1. The maximum absolute atomic E-state index is 14.7. The maximum atomic E-state index is 14.7. The van der Waals surface area contributed by atoms with Crippen LogP contribution in [0.2, 0.25) is 0 Å². The van der Waals surface area contributed by atoms with Crippen molar-refractivity contribution in [1.29, 1.82) is 0 Å². The quantitative estimate of drug-likeness (QED) is 0.857. The Morgan fingerprint density at radius 2 is 1.86 bits per heavy atom. The number of nitrogens with zero attached hydrogens (tertiary/aromatic N) is 3. The highest BCUT2D eigenvalue weighted by Gasteiger charge is 2.34. The van der Waals surface area contributed by atoms with Gasteiger partial charge in [0.05, 0.1) is 11.7 Å². The van der Waals surface area contributed by atoms with Crippen LogP contribution in [0.15, 0.2) is 36.7 Å². The Kier molecular flexibility index (Phi) is 3.09. The zero-order valence-corrected chi connectivity index (χ0v) is 11.9. The molecule has 1 atom stereocenters. The van der Waals surface area contributed by atoms with Crippen LogP contribution in [0, 0.1) is 5.82 Å². The van der Waals surface area contributed by atoms with Crippen molar-refractivity contribution in [2.75, 3.05) is 11.4 Å². The van der Waals surface area contributed by atoms with Crippen molar-refractivity contribution >= 4 is 5.82 Å². The van der Waals surface area contributed by atoms with Crippen LogP contribution in [0.25, 0.3) is 0 Å². The normalized spacial score (nSPS) is 21.8. The fourth-order valence-electron chi connectivity index (χ4n) is 3.26. The van der Waals surface area contributed by atoms with Gasteiger partial charge in [0, 0.05) is 12.5 Å². The maximum Gasteiger partial charge on any atom is 0.187 e. The molecule has 1 aliphatic heterocycles. The molecule has 4 heteroatoms. The Morgan fingerprint density at radius 3 is 2.62 bits per heavy atom. The Balaban J connectivity index is 1.70. The van der Waals surface area contributed by atoms with E-state index >= 15 is 0 Å². The predicted molar refractivity (Wildman–Crippen MR) is 79.7 cm³/mol. The van der Waals surface area contributed by atoms with Crippen LogP contribution < -0.4 is 4.90 Å². The summed E-state index contributed by atoms with van der Waals surface area (Å²) in [4.78, 5) is 10.5. The van der Waals surface area contributed by atoms with E-state index in [4.69, 9.17) is 0 Å². The average Bonchev–Trinajstić information content (AvgIpc) is 3.25. The highest BCUT2D eigenvalue weighted by Crippen LogP contribution is 2.43. The summed E-state index contributed by atoms with van der Waals surface area (Å²) in [5.41, 5.74) is 1.85. The van der Waals surface area contributed by atoms with E-state index in [1.54, 1.807) is 0 Å². The molecular formula is C17H18FN3. The van der Waals surface area contributed by atoms with Gasteiger partial charge < -0.3 is 4.90 Å². The lowest BCUT2D eigenvalue weighted by Crippen LogP contribution is -2.25. The lowest BCUT2D eigenvalue weighted by Gasteiger charge is -2.26. The topological polar surface area (TPSA) is 29.0 Å². The molecule has 1 saturated carbocycles. The van der Waals surface area contributed by atoms with Crippen molar-refractivity contribution in [3.63, 3.8) is 0 Å². The van der Waals surface area contributed by atoms with E-state index < -0.39 is 0 Å². The van der Waals surface area contributed by atoms with E-state index in [-0.39, 0.29) is 11.9 Å². The number of aromatic nitrogens is 2. The van der Waals surface area contributed by atoms with Crippen LogP contribution in [-0.2, 0) is 0 Å². The first-order chi connectivity index (χ1) is 10.3. The number of halogens is 1. The molecule has 0 radical (unpaired) electrons. The second-order valence-corrected chi connectivity index (χ2v) is 5.93. The molecule has 0 spiro atoms. The highest BCUT2D eigenvalue weighted by atomic mass is 19.1. The smallest absolute Gasteiger partial charge is 0.187 e. The van der Waals surface area contributed by atoms with E-state index in [0.29, 0.717) is 17.4 Å². The summed E-state index contributed by atoms with van der Waals surface area (Å²) >= 11 is 0. The molecule has 2 aromatic rings. The number of hydrogen-bond acceptors (Lipinski definition) is 3. The predicted octanol–water partition coefficient (Wildman–Crippen LogP) is 3.83. The van der Waals surface area contributed by atoms with Crippen molar-refractivity contribution in [2.45, 2.75) is 37.6 Å². The molecule has 3 nitrogen and oxygen atoms in total. The minimum absolute atomic E-state index is 0.206. The fourth-order valence-corrected chi connectivity index (χ4v) is 3.26. The van der Waals surface area contributed by atoms with Crippen molar-refractivity contribution in [3.05, 3.63) is 53.7 Å². The monoisotopic (exact) mass is 283 g/mol. The van der Waals surface area contributed by atoms with Gasteiger partial charge in [-0.2, -0.15) is 0 Å². The van der Waals surface area contributed by atoms with E-state index in [9.17, 15) is 4.39 Å². The summed E-state index contributed by atoms with van der Waals surface area (Å²) in [6.07, 6.45) is 5.74.